The summed E-state index contributed by atoms with van der Waals surface area (Å²) in [5.74, 6) is 0.154. The van der Waals surface area contributed by atoms with Crippen LogP contribution in [-0.2, 0) is 4.79 Å². The van der Waals surface area contributed by atoms with Gasteiger partial charge in [0.25, 0.3) is 5.91 Å². The predicted octanol–water partition coefficient (Wildman–Crippen LogP) is 3.88. The Kier molecular flexibility index (Phi) is 6.05. The van der Waals surface area contributed by atoms with Crippen LogP contribution in [0.3, 0.4) is 0 Å². The zero-order valence-electron chi connectivity index (χ0n) is 14.6. The summed E-state index contributed by atoms with van der Waals surface area (Å²) in [5.41, 5.74) is 2.11. The van der Waals surface area contributed by atoms with E-state index in [2.05, 4.69) is 31.3 Å². The van der Waals surface area contributed by atoms with Gasteiger partial charge in [-0.2, -0.15) is 0 Å². The minimum atomic E-state index is 0.146. The molecule has 1 heterocycles. The van der Waals surface area contributed by atoms with Crippen LogP contribution < -0.4 is 10.2 Å². The summed E-state index contributed by atoms with van der Waals surface area (Å²) in [5, 5.41) is 3.34. The minimum absolute atomic E-state index is 0.146. The number of thioether (sulfide) groups is 1. The standard InChI is InChI=1S/C20H23ClN2OS/c1-14-11-12-23(18-9-5-6-10-19(18)25-14)20(24)13-22-15(2)16-7-3-4-8-17(16)21/h3-10,14-15,22H,11-13H2,1-2H3/p+1/t14-,15-/m1/s1. The van der Waals surface area contributed by atoms with Gasteiger partial charge in [-0.15, -0.1) is 11.8 Å². The smallest absolute Gasteiger partial charge is 0.282 e. The number of carbonyl (C=O) groups is 1. The quantitative estimate of drug-likeness (QED) is 0.880. The molecule has 1 aliphatic rings. The summed E-state index contributed by atoms with van der Waals surface area (Å²) in [4.78, 5) is 16.0. The highest BCUT2D eigenvalue weighted by molar-refractivity contribution is 8.00. The van der Waals surface area contributed by atoms with Crippen molar-refractivity contribution in [2.75, 3.05) is 18.0 Å². The molecule has 0 aliphatic carbocycles. The van der Waals surface area contributed by atoms with E-state index in [-0.39, 0.29) is 11.9 Å². The summed E-state index contributed by atoms with van der Waals surface area (Å²) in [6.45, 7) is 5.50. The number of para-hydroxylation sites is 1. The topological polar surface area (TPSA) is 36.9 Å². The number of rotatable bonds is 4. The van der Waals surface area contributed by atoms with Crippen molar-refractivity contribution in [2.45, 2.75) is 36.5 Å². The first-order chi connectivity index (χ1) is 12.1. The maximum Gasteiger partial charge on any atom is 0.282 e. The Balaban J connectivity index is 1.70. The number of nitrogens with two attached hydrogens (primary N) is 1. The predicted molar refractivity (Wildman–Crippen MR) is 105 cm³/mol. The lowest BCUT2D eigenvalue weighted by Crippen LogP contribution is -2.87. The number of carbonyl (C=O) groups excluding carboxylic acids is 1. The van der Waals surface area contributed by atoms with Crippen LogP contribution in [0.15, 0.2) is 53.4 Å². The molecule has 0 unspecified atom stereocenters. The summed E-state index contributed by atoms with van der Waals surface area (Å²) in [7, 11) is 0. The lowest BCUT2D eigenvalue weighted by molar-refractivity contribution is -0.682. The van der Waals surface area contributed by atoms with Gasteiger partial charge in [-0.1, -0.05) is 48.9 Å². The number of amides is 1. The van der Waals surface area contributed by atoms with Gasteiger partial charge < -0.3 is 10.2 Å². The molecule has 1 amide bonds. The molecule has 2 N–H and O–H groups in total. The monoisotopic (exact) mass is 375 g/mol. The number of hydrogen-bond acceptors (Lipinski definition) is 2. The SMILES string of the molecule is C[C@@H]1CCN(C(=O)C[NH2+][C@H](C)c2ccccc2Cl)c2ccccc2S1. The highest BCUT2D eigenvalue weighted by Crippen LogP contribution is 2.37. The van der Waals surface area contributed by atoms with E-state index in [1.165, 1.54) is 4.90 Å². The molecule has 0 radical (unpaired) electrons. The number of benzene rings is 2. The molecule has 2 atom stereocenters. The van der Waals surface area contributed by atoms with Crippen LogP contribution >= 0.6 is 23.4 Å². The van der Waals surface area contributed by atoms with E-state index in [1.54, 1.807) is 0 Å². The normalized spacial score (nSPS) is 18.4. The fourth-order valence-electron chi connectivity index (χ4n) is 3.11. The minimum Gasteiger partial charge on any atom is -0.332 e. The van der Waals surface area contributed by atoms with Gasteiger partial charge in [0.1, 0.15) is 6.04 Å². The summed E-state index contributed by atoms with van der Waals surface area (Å²) >= 11 is 8.13. The molecule has 0 saturated heterocycles. The highest BCUT2D eigenvalue weighted by atomic mass is 35.5. The van der Waals surface area contributed by atoms with E-state index in [4.69, 9.17) is 11.6 Å². The molecule has 0 spiro atoms. The zero-order valence-corrected chi connectivity index (χ0v) is 16.2. The molecule has 0 aromatic heterocycles. The van der Waals surface area contributed by atoms with Crippen molar-refractivity contribution >= 4 is 35.0 Å². The highest BCUT2D eigenvalue weighted by Gasteiger charge is 2.25. The third kappa shape index (κ3) is 4.38. The van der Waals surface area contributed by atoms with E-state index < -0.39 is 0 Å². The number of fused-ring (bicyclic) bond motifs is 1. The number of hydrogen-bond donors (Lipinski definition) is 1. The maximum absolute atomic E-state index is 12.9. The van der Waals surface area contributed by atoms with E-state index >= 15 is 0 Å². The largest absolute Gasteiger partial charge is 0.332 e. The van der Waals surface area contributed by atoms with Gasteiger partial charge in [0.2, 0.25) is 0 Å². The lowest BCUT2D eigenvalue weighted by Gasteiger charge is -2.22. The third-order valence-electron chi connectivity index (χ3n) is 4.59. The van der Waals surface area contributed by atoms with Crippen LogP contribution in [0.5, 0.6) is 0 Å². The number of nitrogens with zero attached hydrogens (tertiary/aromatic N) is 1. The van der Waals surface area contributed by atoms with Crippen molar-refractivity contribution in [3.05, 3.63) is 59.1 Å². The van der Waals surface area contributed by atoms with Gasteiger partial charge in [-0.3, -0.25) is 4.79 Å². The Morgan fingerprint density at radius 2 is 2.00 bits per heavy atom. The number of halogens is 1. The lowest BCUT2D eigenvalue weighted by atomic mass is 10.1. The average Bonchev–Trinajstić information content (AvgIpc) is 2.78. The van der Waals surface area contributed by atoms with Crippen molar-refractivity contribution < 1.29 is 10.1 Å². The summed E-state index contributed by atoms with van der Waals surface area (Å²) in [6.07, 6.45) is 1.01. The molecule has 132 valence electrons. The van der Waals surface area contributed by atoms with Gasteiger partial charge in [0.15, 0.2) is 6.54 Å². The molecular formula is C20H24ClN2OS+. The molecule has 0 fully saturated rings. The van der Waals surface area contributed by atoms with E-state index in [1.807, 2.05) is 53.1 Å². The van der Waals surface area contributed by atoms with Crippen molar-refractivity contribution in [3.8, 4) is 0 Å². The second kappa shape index (κ2) is 8.26. The number of quaternary nitrogens is 1. The first kappa shape index (κ1) is 18.3. The van der Waals surface area contributed by atoms with Gasteiger partial charge in [0.05, 0.1) is 5.69 Å². The van der Waals surface area contributed by atoms with Gasteiger partial charge in [-0.25, -0.2) is 0 Å². The van der Waals surface area contributed by atoms with Crippen LogP contribution in [-0.4, -0.2) is 24.2 Å². The third-order valence-corrected chi connectivity index (χ3v) is 6.17. The van der Waals surface area contributed by atoms with Crippen LogP contribution in [0.4, 0.5) is 5.69 Å². The van der Waals surface area contributed by atoms with E-state index in [0.29, 0.717) is 11.8 Å². The first-order valence-electron chi connectivity index (χ1n) is 8.70. The fraction of sp³-hybridized carbons (Fsp3) is 0.350. The molecule has 2 aromatic carbocycles. The molecule has 2 aromatic rings. The Morgan fingerprint density at radius 3 is 2.80 bits per heavy atom. The van der Waals surface area contributed by atoms with Gasteiger partial charge >= 0.3 is 0 Å². The number of anilines is 1. The molecule has 1 aliphatic heterocycles. The van der Waals surface area contributed by atoms with Crippen LogP contribution in [0, 0.1) is 0 Å². The molecule has 0 saturated carbocycles. The second-order valence-electron chi connectivity index (χ2n) is 6.48. The molecule has 3 rings (SSSR count). The fourth-order valence-corrected chi connectivity index (χ4v) is 4.53. The van der Waals surface area contributed by atoms with Gasteiger partial charge in [-0.05, 0) is 31.5 Å². The molecule has 0 bridgehead atoms. The van der Waals surface area contributed by atoms with Crippen LogP contribution in [0.2, 0.25) is 5.02 Å². The molecule has 3 nitrogen and oxygen atoms in total. The Morgan fingerprint density at radius 1 is 1.28 bits per heavy atom. The maximum atomic E-state index is 12.9. The van der Waals surface area contributed by atoms with Crippen molar-refractivity contribution in [1.29, 1.82) is 0 Å². The van der Waals surface area contributed by atoms with Crippen molar-refractivity contribution in [3.63, 3.8) is 0 Å². The second-order valence-corrected chi connectivity index (χ2v) is 8.37. The Hall–Kier alpha value is -1.49. The Labute approximate surface area is 158 Å². The van der Waals surface area contributed by atoms with E-state index in [9.17, 15) is 4.79 Å². The van der Waals surface area contributed by atoms with Gasteiger partial charge in [0, 0.05) is 27.3 Å². The van der Waals surface area contributed by atoms with Crippen LogP contribution in [0.1, 0.15) is 31.9 Å². The van der Waals surface area contributed by atoms with Crippen molar-refractivity contribution in [2.24, 2.45) is 0 Å². The first-order valence-corrected chi connectivity index (χ1v) is 9.96. The zero-order chi connectivity index (χ0) is 17.8. The summed E-state index contributed by atoms with van der Waals surface area (Å²) < 4.78 is 0. The van der Waals surface area contributed by atoms with Crippen molar-refractivity contribution in [1.82, 2.24) is 0 Å². The molecule has 25 heavy (non-hydrogen) atoms. The summed E-state index contributed by atoms with van der Waals surface area (Å²) in [6, 6.07) is 16.2. The average molecular weight is 376 g/mol. The van der Waals surface area contributed by atoms with Crippen LogP contribution in [0.25, 0.3) is 0 Å². The molecule has 5 heteroatoms. The Bertz CT molecular complexity index is 752. The molecular weight excluding hydrogens is 352 g/mol. The van der Waals surface area contributed by atoms with E-state index in [0.717, 1.165) is 29.2 Å².